The zero-order valence-corrected chi connectivity index (χ0v) is 12.4. The number of fused-ring (bicyclic) bond motifs is 1. The number of aromatic nitrogens is 1. The van der Waals surface area contributed by atoms with Crippen LogP contribution in [0.2, 0.25) is 0 Å². The van der Waals surface area contributed by atoms with Gasteiger partial charge in [0.05, 0.1) is 17.2 Å². The SMILES string of the molecule is CC(O)CC(C)CNC(=O)c1cccc2c1oc(=O)n2C. The van der Waals surface area contributed by atoms with Crippen molar-refractivity contribution in [2.45, 2.75) is 26.4 Å². The molecule has 0 bridgehead atoms. The lowest BCUT2D eigenvalue weighted by Gasteiger charge is -2.14. The summed E-state index contributed by atoms with van der Waals surface area (Å²) in [6.45, 7) is 4.13. The third-order valence-electron chi connectivity index (χ3n) is 3.42. The topological polar surface area (TPSA) is 84.5 Å². The van der Waals surface area contributed by atoms with E-state index in [2.05, 4.69) is 5.32 Å². The Kier molecular flexibility index (Phi) is 4.47. The van der Waals surface area contributed by atoms with Gasteiger partial charge in [-0.25, -0.2) is 4.79 Å². The first-order valence-corrected chi connectivity index (χ1v) is 6.95. The van der Waals surface area contributed by atoms with Gasteiger partial charge >= 0.3 is 5.76 Å². The van der Waals surface area contributed by atoms with Crippen LogP contribution in [0.4, 0.5) is 0 Å². The van der Waals surface area contributed by atoms with E-state index in [1.54, 1.807) is 32.2 Å². The number of oxazole rings is 1. The summed E-state index contributed by atoms with van der Waals surface area (Å²) in [5, 5.41) is 12.1. The average molecular weight is 292 g/mol. The molecule has 1 heterocycles. The van der Waals surface area contributed by atoms with Gasteiger partial charge in [-0.2, -0.15) is 0 Å². The van der Waals surface area contributed by atoms with Crippen LogP contribution in [0.25, 0.3) is 11.1 Å². The van der Waals surface area contributed by atoms with E-state index < -0.39 is 11.9 Å². The molecule has 114 valence electrons. The fraction of sp³-hybridized carbons (Fsp3) is 0.467. The largest absolute Gasteiger partial charge is 0.419 e. The second kappa shape index (κ2) is 6.13. The summed E-state index contributed by atoms with van der Waals surface area (Å²) in [5.41, 5.74) is 1.23. The molecule has 2 atom stereocenters. The molecule has 2 N–H and O–H groups in total. The van der Waals surface area contributed by atoms with Crippen molar-refractivity contribution in [1.29, 1.82) is 0 Å². The number of hydrogen-bond acceptors (Lipinski definition) is 4. The number of nitrogens with zero attached hydrogens (tertiary/aromatic N) is 1. The quantitative estimate of drug-likeness (QED) is 0.869. The maximum atomic E-state index is 12.2. The smallest absolute Gasteiger partial charge is 0.407 e. The van der Waals surface area contributed by atoms with Crippen LogP contribution in [0.3, 0.4) is 0 Å². The highest BCUT2D eigenvalue weighted by Gasteiger charge is 2.16. The van der Waals surface area contributed by atoms with E-state index in [0.717, 1.165) is 0 Å². The van der Waals surface area contributed by atoms with Crippen molar-refractivity contribution in [2.24, 2.45) is 13.0 Å². The lowest BCUT2D eigenvalue weighted by Crippen LogP contribution is -2.29. The van der Waals surface area contributed by atoms with Crippen LogP contribution in [0, 0.1) is 5.92 Å². The van der Waals surface area contributed by atoms with Crippen LogP contribution in [0.15, 0.2) is 27.4 Å². The summed E-state index contributed by atoms with van der Waals surface area (Å²) in [6, 6.07) is 5.07. The highest BCUT2D eigenvalue weighted by atomic mass is 16.4. The van der Waals surface area contributed by atoms with E-state index in [4.69, 9.17) is 4.42 Å². The number of nitrogens with one attached hydrogen (secondary N) is 1. The summed E-state index contributed by atoms with van der Waals surface area (Å²) in [5.74, 6) is -0.615. The lowest BCUT2D eigenvalue weighted by atomic mass is 10.0. The van der Waals surface area contributed by atoms with Crippen LogP contribution in [-0.2, 0) is 7.05 Å². The van der Waals surface area contributed by atoms with Crippen molar-refractivity contribution in [3.05, 3.63) is 34.3 Å². The predicted octanol–water partition coefficient (Wildman–Crippen LogP) is 1.27. The molecule has 1 aromatic heterocycles. The molecule has 2 aromatic rings. The average Bonchev–Trinajstić information content (AvgIpc) is 2.71. The number of benzene rings is 1. The Bertz CT molecular complexity index is 699. The minimum atomic E-state index is -0.493. The number of carbonyl (C=O) groups is 1. The summed E-state index contributed by atoms with van der Waals surface area (Å²) in [4.78, 5) is 23.8. The molecule has 0 aliphatic rings. The Labute approximate surface area is 122 Å². The molecule has 2 unspecified atom stereocenters. The Morgan fingerprint density at radius 2 is 2.14 bits per heavy atom. The van der Waals surface area contributed by atoms with Crippen molar-refractivity contribution >= 4 is 17.0 Å². The van der Waals surface area contributed by atoms with Gasteiger partial charge in [0.25, 0.3) is 5.91 Å². The van der Waals surface area contributed by atoms with Gasteiger partial charge in [0.15, 0.2) is 5.58 Å². The molecule has 0 aliphatic carbocycles. The first-order valence-electron chi connectivity index (χ1n) is 6.95. The van der Waals surface area contributed by atoms with Gasteiger partial charge in [0.2, 0.25) is 0 Å². The lowest BCUT2D eigenvalue weighted by molar-refractivity contribution is 0.0940. The molecular weight excluding hydrogens is 272 g/mol. The third kappa shape index (κ3) is 3.33. The van der Waals surface area contributed by atoms with Crippen molar-refractivity contribution in [3.63, 3.8) is 0 Å². The monoisotopic (exact) mass is 292 g/mol. The molecular formula is C15H20N2O4. The Morgan fingerprint density at radius 1 is 1.43 bits per heavy atom. The minimum Gasteiger partial charge on any atom is -0.407 e. The molecule has 0 fully saturated rings. The van der Waals surface area contributed by atoms with Crippen LogP contribution in [0.1, 0.15) is 30.6 Å². The van der Waals surface area contributed by atoms with Crippen molar-refractivity contribution in [2.75, 3.05) is 6.54 Å². The summed E-state index contributed by atoms with van der Waals surface area (Å²) in [7, 11) is 1.60. The van der Waals surface area contributed by atoms with Gasteiger partial charge in [0.1, 0.15) is 0 Å². The van der Waals surface area contributed by atoms with E-state index in [1.807, 2.05) is 6.92 Å². The highest BCUT2D eigenvalue weighted by Crippen LogP contribution is 2.17. The van der Waals surface area contributed by atoms with E-state index in [1.165, 1.54) is 4.57 Å². The maximum absolute atomic E-state index is 12.2. The Hall–Kier alpha value is -2.08. The van der Waals surface area contributed by atoms with E-state index >= 15 is 0 Å². The predicted molar refractivity (Wildman–Crippen MR) is 79.3 cm³/mol. The maximum Gasteiger partial charge on any atom is 0.419 e. The number of amides is 1. The molecule has 0 saturated heterocycles. The molecule has 0 aliphatic heterocycles. The van der Waals surface area contributed by atoms with E-state index in [9.17, 15) is 14.7 Å². The number of aliphatic hydroxyl groups excluding tert-OH is 1. The standard InChI is InChI=1S/C15H20N2O4/c1-9(7-10(2)18)8-16-14(19)11-5-4-6-12-13(11)21-15(20)17(12)3/h4-6,9-10,18H,7-8H2,1-3H3,(H,16,19). The van der Waals surface area contributed by atoms with E-state index in [0.29, 0.717) is 29.6 Å². The number of carbonyl (C=O) groups excluding carboxylic acids is 1. The zero-order valence-electron chi connectivity index (χ0n) is 12.4. The van der Waals surface area contributed by atoms with Gasteiger partial charge < -0.3 is 14.8 Å². The molecule has 0 spiro atoms. The van der Waals surface area contributed by atoms with Crippen LogP contribution < -0.4 is 11.1 Å². The van der Waals surface area contributed by atoms with Crippen LogP contribution >= 0.6 is 0 Å². The molecule has 6 heteroatoms. The van der Waals surface area contributed by atoms with Crippen LogP contribution in [-0.4, -0.2) is 28.2 Å². The first kappa shape index (κ1) is 15.3. The summed E-state index contributed by atoms with van der Waals surface area (Å²) < 4.78 is 6.49. The Balaban J connectivity index is 2.17. The van der Waals surface area contributed by atoms with Gasteiger partial charge in [-0.05, 0) is 31.4 Å². The van der Waals surface area contributed by atoms with Crippen molar-refractivity contribution < 1.29 is 14.3 Å². The minimum absolute atomic E-state index is 0.163. The summed E-state index contributed by atoms with van der Waals surface area (Å²) >= 11 is 0. The normalized spacial score (nSPS) is 14.1. The van der Waals surface area contributed by atoms with Crippen molar-refractivity contribution in [3.8, 4) is 0 Å². The van der Waals surface area contributed by atoms with Gasteiger partial charge in [-0.1, -0.05) is 13.0 Å². The number of aliphatic hydroxyl groups is 1. The van der Waals surface area contributed by atoms with Gasteiger partial charge in [0, 0.05) is 13.6 Å². The summed E-state index contributed by atoms with van der Waals surface area (Å²) in [6.07, 6.45) is 0.220. The van der Waals surface area contributed by atoms with E-state index in [-0.39, 0.29) is 11.8 Å². The molecule has 0 saturated carbocycles. The number of rotatable bonds is 5. The number of para-hydroxylation sites is 1. The molecule has 2 rings (SSSR count). The number of hydrogen-bond donors (Lipinski definition) is 2. The number of aryl methyl sites for hydroxylation is 1. The molecule has 6 nitrogen and oxygen atoms in total. The molecule has 1 aromatic carbocycles. The fourth-order valence-corrected chi connectivity index (χ4v) is 2.36. The third-order valence-corrected chi connectivity index (χ3v) is 3.42. The van der Waals surface area contributed by atoms with Crippen LogP contribution in [0.5, 0.6) is 0 Å². The second-order valence-corrected chi connectivity index (χ2v) is 5.48. The second-order valence-electron chi connectivity index (χ2n) is 5.48. The van der Waals surface area contributed by atoms with Crippen molar-refractivity contribution in [1.82, 2.24) is 9.88 Å². The Morgan fingerprint density at radius 3 is 2.81 bits per heavy atom. The zero-order chi connectivity index (χ0) is 15.6. The first-order chi connectivity index (χ1) is 9.90. The highest BCUT2D eigenvalue weighted by molar-refractivity contribution is 6.04. The fourth-order valence-electron chi connectivity index (χ4n) is 2.36. The van der Waals surface area contributed by atoms with Gasteiger partial charge in [-0.3, -0.25) is 9.36 Å². The molecule has 0 radical (unpaired) electrons. The molecule has 1 amide bonds. The van der Waals surface area contributed by atoms with Gasteiger partial charge in [-0.15, -0.1) is 0 Å². The molecule has 21 heavy (non-hydrogen) atoms.